The summed E-state index contributed by atoms with van der Waals surface area (Å²) >= 11 is 6.19. The average Bonchev–Trinajstić information content (AvgIpc) is 2.49. The Balaban J connectivity index is 2.15. The molecule has 0 fully saturated rings. The predicted octanol–water partition coefficient (Wildman–Crippen LogP) is 4.05. The minimum atomic E-state index is 0.758. The maximum absolute atomic E-state index is 6.19. The normalized spacial score (nSPS) is 13.7. The van der Waals surface area contributed by atoms with Crippen LogP contribution in [0.2, 0.25) is 5.02 Å². The number of fused-ring (bicyclic) bond motifs is 1. The molecule has 0 spiro atoms. The molecule has 3 rings (SSSR count). The molecule has 1 N–H and O–H groups in total. The standard InChI is InChI=1S/C17H18ClNO/c1-19-11-13-7-8-14(18)10-16(13)15-6-2-4-12-5-3-9-20-17(12)15/h2,4,6-8,10,19H,3,5,9,11H2,1H3. The van der Waals surface area contributed by atoms with Crippen LogP contribution >= 0.6 is 11.6 Å². The molecule has 2 nitrogen and oxygen atoms in total. The lowest BCUT2D eigenvalue weighted by Crippen LogP contribution is -2.10. The van der Waals surface area contributed by atoms with Crippen molar-refractivity contribution in [1.82, 2.24) is 5.32 Å². The number of benzene rings is 2. The second-order valence-electron chi connectivity index (χ2n) is 5.08. The highest BCUT2D eigenvalue weighted by atomic mass is 35.5. The molecule has 20 heavy (non-hydrogen) atoms. The highest BCUT2D eigenvalue weighted by Crippen LogP contribution is 2.38. The lowest BCUT2D eigenvalue weighted by Gasteiger charge is -2.21. The highest BCUT2D eigenvalue weighted by molar-refractivity contribution is 6.30. The van der Waals surface area contributed by atoms with Crippen LogP contribution in [0.5, 0.6) is 5.75 Å². The lowest BCUT2D eigenvalue weighted by atomic mass is 9.94. The Bertz CT molecular complexity index is 624. The van der Waals surface area contributed by atoms with Crippen LogP contribution in [-0.4, -0.2) is 13.7 Å². The molecule has 0 saturated carbocycles. The molecule has 0 amide bonds. The maximum atomic E-state index is 6.19. The molecular weight excluding hydrogens is 270 g/mol. The van der Waals surface area contributed by atoms with Gasteiger partial charge in [0.25, 0.3) is 0 Å². The van der Waals surface area contributed by atoms with Gasteiger partial charge in [0.1, 0.15) is 5.75 Å². The van der Waals surface area contributed by atoms with Crippen molar-refractivity contribution < 1.29 is 4.74 Å². The minimum absolute atomic E-state index is 0.758. The summed E-state index contributed by atoms with van der Waals surface area (Å²) in [6, 6.07) is 12.4. The van der Waals surface area contributed by atoms with E-state index in [9.17, 15) is 0 Å². The number of ether oxygens (including phenoxy) is 1. The van der Waals surface area contributed by atoms with Crippen molar-refractivity contribution in [2.45, 2.75) is 19.4 Å². The predicted molar refractivity (Wildman–Crippen MR) is 83.5 cm³/mol. The summed E-state index contributed by atoms with van der Waals surface area (Å²) in [5, 5.41) is 3.97. The van der Waals surface area contributed by atoms with Crippen molar-refractivity contribution in [3.05, 3.63) is 52.5 Å². The zero-order valence-electron chi connectivity index (χ0n) is 11.6. The summed E-state index contributed by atoms with van der Waals surface area (Å²) in [7, 11) is 1.95. The van der Waals surface area contributed by atoms with E-state index in [2.05, 4.69) is 29.6 Å². The summed E-state index contributed by atoms with van der Waals surface area (Å²) in [5.74, 6) is 1.03. The Kier molecular flexibility index (Phi) is 3.95. The molecule has 1 aliphatic rings. The van der Waals surface area contributed by atoms with E-state index in [0.717, 1.165) is 47.9 Å². The van der Waals surface area contributed by atoms with Crippen LogP contribution in [0.3, 0.4) is 0 Å². The molecule has 2 aromatic carbocycles. The third-order valence-corrected chi connectivity index (χ3v) is 3.90. The highest BCUT2D eigenvalue weighted by Gasteiger charge is 2.17. The van der Waals surface area contributed by atoms with E-state index in [4.69, 9.17) is 16.3 Å². The van der Waals surface area contributed by atoms with Gasteiger partial charge in [0.05, 0.1) is 6.61 Å². The molecule has 1 heterocycles. The largest absolute Gasteiger partial charge is 0.493 e. The molecule has 0 bridgehead atoms. The number of para-hydroxylation sites is 1. The van der Waals surface area contributed by atoms with Crippen molar-refractivity contribution in [2.75, 3.05) is 13.7 Å². The maximum Gasteiger partial charge on any atom is 0.130 e. The second-order valence-corrected chi connectivity index (χ2v) is 5.51. The van der Waals surface area contributed by atoms with Crippen LogP contribution in [0.15, 0.2) is 36.4 Å². The molecule has 3 heteroatoms. The van der Waals surface area contributed by atoms with E-state index in [1.165, 1.54) is 11.1 Å². The fraction of sp³-hybridized carbons (Fsp3) is 0.294. The number of aryl methyl sites for hydroxylation is 1. The van der Waals surface area contributed by atoms with Crippen LogP contribution in [0.4, 0.5) is 0 Å². The van der Waals surface area contributed by atoms with Crippen LogP contribution in [0.1, 0.15) is 17.5 Å². The molecule has 0 atom stereocenters. The van der Waals surface area contributed by atoms with Gasteiger partial charge in [-0.25, -0.2) is 0 Å². The number of rotatable bonds is 3. The van der Waals surface area contributed by atoms with Crippen molar-refractivity contribution in [3.63, 3.8) is 0 Å². The molecule has 0 aliphatic carbocycles. The summed E-state index contributed by atoms with van der Waals surface area (Å²) in [4.78, 5) is 0. The van der Waals surface area contributed by atoms with Gasteiger partial charge in [-0.3, -0.25) is 0 Å². The van der Waals surface area contributed by atoms with Crippen LogP contribution < -0.4 is 10.1 Å². The molecule has 0 radical (unpaired) electrons. The molecule has 0 aromatic heterocycles. The zero-order chi connectivity index (χ0) is 13.9. The van der Waals surface area contributed by atoms with E-state index in [1.807, 2.05) is 19.2 Å². The summed E-state index contributed by atoms with van der Waals surface area (Å²) in [6.07, 6.45) is 2.18. The fourth-order valence-electron chi connectivity index (χ4n) is 2.75. The van der Waals surface area contributed by atoms with Gasteiger partial charge in [-0.2, -0.15) is 0 Å². The van der Waals surface area contributed by atoms with Crippen LogP contribution in [0.25, 0.3) is 11.1 Å². The first-order chi connectivity index (χ1) is 9.79. The fourth-order valence-corrected chi connectivity index (χ4v) is 2.92. The third kappa shape index (κ3) is 2.54. The monoisotopic (exact) mass is 287 g/mol. The van der Waals surface area contributed by atoms with Gasteiger partial charge >= 0.3 is 0 Å². The molecule has 1 aliphatic heterocycles. The average molecular weight is 288 g/mol. The van der Waals surface area contributed by atoms with Crippen LogP contribution in [0, 0.1) is 0 Å². The van der Waals surface area contributed by atoms with Crippen molar-refractivity contribution >= 4 is 11.6 Å². The topological polar surface area (TPSA) is 21.3 Å². The van der Waals surface area contributed by atoms with Crippen molar-refractivity contribution in [1.29, 1.82) is 0 Å². The Morgan fingerprint density at radius 3 is 2.95 bits per heavy atom. The van der Waals surface area contributed by atoms with Crippen molar-refractivity contribution in [3.8, 4) is 16.9 Å². The zero-order valence-corrected chi connectivity index (χ0v) is 12.3. The van der Waals surface area contributed by atoms with Gasteiger partial charge < -0.3 is 10.1 Å². The Hall–Kier alpha value is -1.51. The number of halogens is 1. The van der Waals surface area contributed by atoms with Gasteiger partial charge in [-0.05, 0) is 48.7 Å². The van der Waals surface area contributed by atoms with E-state index in [1.54, 1.807) is 0 Å². The first-order valence-electron chi connectivity index (χ1n) is 6.97. The van der Waals surface area contributed by atoms with Gasteiger partial charge in [-0.1, -0.05) is 35.9 Å². The van der Waals surface area contributed by atoms with Crippen LogP contribution in [-0.2, 0) is 13.0 Å². The molecular formula is C17H18ClNO. The van der Waals surface area contributed by atoms with Gasteiger partial charge in [0.15, 0.2) is 0 Å². The first-order valence-corrected chi connectivity index (χ1v) is 7.35. The Morgan fingerprint density at radius 1 is 1.20 bits per heavy atom. The van der Waals surface area contributed by atoms with Crippen molar-refractivity contribution in [2.24, 2.45) is 0 Å². The summed E-state index contributed by atoms with van der Waals surface area (Å²) in [5.41, 5.74) is 4.84. The first kappa shape index (κ1) is 13.5. The van der Waals surface area contributed by atoms with E-state index < -0.39 is 0 Å². The SMILES string of the molecule is CNCc1ccc(Cl)cc1-c1cccc2c1OCCC2. The molecule has 104 valence electrons. The lowest BCUT2D eigenvalue weighted by molar-refractivity contribution is 0.289. The van der Waals surface area contributed by atoms with Gasteiger partial charge in [0.2, 0.25) is 0 Å². The van der Waals surface area contributed by atoms with E-state index in [-0.39, 0.29) is 0 Å². The molecule has 0 unspecified atom stereocenters. The van der Waals surface area contributed by atoms with E-state index >= 15 is 0 Å². The number of nitrogens with one attached hydrogen (secondary N) is 1. The summed E-state index contributed by atoms with van der Waals surface area (Å²) in [6.45, 7) is 1.61. The van der Waals surface area contributed by atoms with Gasteiger partial charge in [0, 0.05) is 17.1 Å². The quantitative estimate of drug-likeness (QED) is 0.919. The van der Waals surface area contributed by atoms with Gasteiger partial charge in [-0.15, -0.1) is 0 Å². The molecule has 0 saturated heterocycles. The smallest absolute Gasteiger partial charge is 0.130 e. The number of hydrogen-bond acceptors (Lipinski definition) is 2. The molecule has 2 aromatic rings. The summed E-state index contributed by atoms with van der Waals surface area (Å²) < 4.78 is 5.92. The minimum Gasteiger partial charge on any atom is -0.493 e. The Morgan fingerprint density at radius 2 is 2.10 bits per heavy atom. The Labute approximate surface area is 124 Å². The third-order valence-electron chi connectivity index (χ3n) is 3.66. The van der Waals surface area contributed by atoms with E-state index in [0.29, 0.717) is 0 Å². The number of hydrogen-bond donors (Lipinski definition) is 1. The second kappa shape index (κ2) is 5.86.